The van der Waals surface area contributed by atoms with Crippen LogP contribution >= 0.6 is 0 Å². The smallest absolute Gasteiger partial charge is 0.544 e. The van der Waals surface area contributed by atoms with Crippen molar-refractivity contribution < 1.29 is 47.7 Å². The Kier molecular flexibility index (Phi) is 12.7. The summed E-state index contributed by atoms with van der Waals surface area (Å²) in [6.07, 6.45) is 2.99. The summed E-state index contributed by atoms with van der Waals surface area (Å²) in [5.74, 6) is -1.46. The molecule has 0 aliphatic carbocycles. The molecule has 4 rings (SSSR count). The summed E-state index contributed by atoms with van der Waals surface area (Å²) in [4.78, 5) is 52.3. The molecule has 1 fully saturated rings. The number of hydrogen-bond acceptors (Lipinski definition) is 13. The monoisotopic (exact) mass is 651 g/mol. The van der Waals surface area contributed by atoms with Gasteiger partial charge in [-0.3, -0.25) is 49.9 Å². The van der Waals surface area contributed by atoms with Crippen molar-refractivity contribution in [3.05, 3.63) is 97.9 Å². The van der Waals surface area contributed by atoms with Gasteiger partial charge in [0.2, 0.25) is 0 Å². The Balaban J connectivity index is 0.00000529. The molecule has 0 bridgehead atoms. The fourth-order valence-corrected chi connectivity index (χ4v) is 4.81. The van der Waals surface area contributed by atoms with Crippen LogP contribution in [-0.2, 0) is 41.5 Å². The fraction of sp³-hybridized carbons (Fsp3) is 0.407. The zero-order valence-electron chi connectivity index (χ0n) is 23.7. The molecule has 1 radical (unpaired) electrons. The van der Waals surface area contributed by atoms with Gasteiger partial charge in [-0.05, 0) is 17.7 Å². The Morgan fingerprint density at radius 3 is 1.50 bits per heavy atom. The Morgan fingerprint density at radius 1 is 0.773 bits per heavy atom. The van der Waals surface area contributed by atoms with Crippen LogP contribution in [0, 0.1) is 20.2 Å². The Hall–Kier alpha value is -3.96. The third-order valence-electron chi connectivity index (χ3n) is 7.24. The number of nitrogens with zero attached hydrogens (tertiary/aromatic N) is 8. The Bertz CT molecular complexity index is 1380. The Labute approximate surface area is 263 Å². The molecular formula is C27H33FeN9O7+3. The van der Waals surface area contributed by atoms with Crippen molar-refractivity contribution in [1.29, 1.82) is 0 Å². The number of pyridine rings is 3. The molecule has 1 saturated heterocycles. The molecule has 4 N–H and O–H groups in total. The van der Waals surface area contributed by atoms with Crippen molar-refractivity contribution in [2.24, 2.45) is 0 Å². The van der Waals surface area contributed by atoms with Gasteiger partial charge in [-0.2, -0.15) is 0 Å². The van der Waals surface area contributed by atoms with E-state index >= 15 is 0 Å². The number of aliphatic carboxylic acids is 1. The number of rotatable bonds is 11. The number of hydrogen-bond donors (Lipinski definition) is 2. The molecule has 2 atom stereocenters. The molecule has 3 aromatic heterocycles. The number of aliphatic hydroxyl groups is 1. The topological polar surface area (TPSA) is 223 Å². The minimum Gasteiger partial charge on any atom is -0.544 e. The van der Waals surface area contributed by atoms with Gasteiger partial charge in [-0.25, -0.2) is 0 Å². The maximum absolute atomic E-state index is 11.3. The second-order valence-electron chi connectivity index (χ2n) is 10.3. The van der Waals surface area contributed by atoms with E-state index in [1.54, 1.807) is 6.07 Å². The first-order valence-corrected chi connectivity index (χ1v) is 13.6. The second kappa shape index (κ2) is 16.2. The van der Waals surface area contributed by atoms with Crippen LogP contribution in [0.3, 0.4) is 0 Å². The predicted octanol–water partition coefficient (Wildman–Crippen LogP) is -1.10. The first-order chi connectivity index (χ1) is 20.6. The average molecular weight is 651 g/mol. The molecule has 3 aromatic rings. The van der Waals surface area contributed by atoms with Crippen molar-refractivity contribution in [2.75, 3.05) is 39.3 Å². The van der Waals surface area contributed by atoms with Crippen LogP contribution in [0.4, 0.5) is 11.4 Å². The molecule has 4 heterocycles. The van der Waals surface area contributed by atoms with E-state index < -0.39 is 28.0 Å². The molecule has 233 valence electrons. The molecular weight excluding hydrogens is 618 g/mol. The maximum Gasteiger partial charge on any atom is 3.00 e. The zero-order chi connectivity index (χ0) is 30.9. The number of quaternary nitrogens is 1. The Morgan fingerprint density at radius 2 is 1.14 bits per heavy atom. The van der Waals surface area contributed by atoms with E-state index in [9.17, 15) is 35.2 Å². The minimum absolute atomic E-state index is 0. The van der Waals surface area contributed by atoms with Crippen LogP contribution in [0.25, 0.3) is 0 Å². The fourth-order valence-electron chi connectivity index (χ4n) is 4.81. The number of nitro groups is 2. The van der Waals surface area contributed by atoms with E-state index in [4.69, 9.17) is 0 Å². The average Bonchev–Trinajstić information content (AvgIpc) is 3.08. The van der Waals surface area contributed by atoms with Crippen molar-refractivity contribution in [3.63, 3.8) is 0 Å². The zero-order valence-corrected chi connectivity index (χ0v) is 24.9. The molecule has 0 spiro atoms. The molecule has 0 amide bonds. The third-order valence-corrected chi connectivity index (χ3v) is 7.24. The SMILES string of the molecule is [Fe+3].[NH3+][C@H](C(=O)[O-])[C@@H](O)c1ccnc(CN2CCN(Cc3cc([N+](=O)[O-])ccn3)CCN(Cc3cc([N+](=O)[O-])ccn3)CC2)c1. The molecule has 0 unspecified atom stereocenters. The van der Waals surface area contributed by atoms with Crippen molar-refractivity contribution in [1.82, 2.24) is 29.7 Å². The van der Waals surface area contributed by atoms with Gasteiger partial charge in [-0.15, -0.1) is 0 Å². The van der Waals surface area contributed by atoms with E-state index in [2.05, 4.69) is 35.4 Å². The van der Waals surface area contributed by atoms with Gasteiger partial charge in [0.1, 0.15) is 12.1 Å². The summed E-state index contributed by atoms with van der Waals surface area (Å²) >= 11 is 0. The second-order valence-corrected chi connectivity index (χ2v) is 10.3. The molecule has 1 aliphatic rings. The van der Waals surface area contributed by atoms with Gasteiger partial charge in [-0.1, -0.05) is 0 Å². The van der Waals surface area contributed by atoms with Gasteiger partial charge in [0.05, 0.1) is 26.9 Å². The van der Waals surface area contributed by atoms with Gasteiger partial charge < -0.3 is 20.7 Å². The van der Waals surface area contributed by atoms with E-state index in [1.807, 2.05) is 0 Å². The summed E-state index contributed by atoms with van der Waals surface area (Å²) in [6.45, 7) is 4.84. The van der Waals surface area contributed by atoms with Gasteiger partial charge >= 0.3 is 17.1 Å². The number of carbonyl (C=O) groups is 1. The summed E-state index contributed by atoms with van der Waals surface area (Å²) in [5, 5.41) is 44.2. The first kappa shape index (κ1) is 34.5. The van der Waals surface area contributed by atoms with E-state index in [0.717, 1.165) is 0 Å². The van der Waals surface area contributed by atoms with E-state index in [0.29, 0.717) is 81.5 Å². The van der Waals surface area contributed by atoms with Crippen molar-refractivity contribution in [3.8, 4) is 0 Å². The van der Waals surface area contributed by atoms with Gasteiger partial charge in [0.25, 0.3) is 11.4 Å². The third kappa shape index (κ3) is 9.78. The van der Waals surface area contributed by atoms with E-state index in [1.165, 1.54) is 48.9 Å². The number of carboxylic acids is 1. The van der Waals surface area contributed by atoms with Crippen LogP contribution in [0.1, 0.15) is 28.7 Å². The van der Waals surface area contributed by atoms with Crippen LogP contribution in [0.15, 0.2) is 55.0 Å². The number of aliphatic hydroxyl groups excluding tert-OH is 1. The standard InChI is InChI=1S/C27H33N9O7.Fe/c28-25(27(38)39)26(37)19-1-4-29-20(13-19)16-32-7-9-33(17-21-14-23(35(40)41)2-5-30-21)11-12-34(10-8-32)18-22-15-24(36(42)43)3-6-31-22;/h1-6,13-15,25-26,37H,7-12,16-18,28H2,(H,38,39);/q;+3/t25-,26-;/m0./s1. The summed E-state index contributed by atoms with van der Waals surface area (Å²) < 4.78 is 0. The van der Waals surface area contributed by atoms with Crippen LogP contribution in [0.5, 0.6) is 0 Å². The normalized spacial score (nSPS) is 16.5. The molecule has 16 nitrogen and oxygen atoms in total. The van der Waals surface area contributed by atoms with Gasteiger partial charge in [0, 0.05) is 102 Å². The van der Waals surface area contributed by atoms with E-state index in [-0.39, 0.29) is 28.4 Å². The summed E-state index contributed by atoms with van der Waals surface area (Å²) in [5.41, 5.74) is 5.51. The predicted molar refractivity (Wildman–Crippen MR) is 148 cm³/mol. The number of aromatic nitrogens is 3. The van der Waals surface area contributed by atoms with Crippen LogP contribution < -0.4 is 10.8 Å². The summed E-state index contributed by atoms with van der Waals surface area (Å²) in [7, 11) is 0. The minimum atomic E-state index is -1.46. The molecule has 44 heavy (non-hydrogen) atoms. The molecule has 1 aliphatic heterocycles. The molecule has 17 heteroatoms. The first-order valence-electron chi connectivity index (χ1n) is 13.6. The summed E-state index contributed by atoms with van der Waals surface area (Å²) in [6, 6.07) is 7.45. The van der Waals surface area contributed by atoms with Crippen molar-refractivity contribution >= 4 is 17.3 Å². The molecule has 0 aromatic carbocycles. The maximum atomic E-state index is 11.3. The number of carbonyl (C=O) groups excluding carboxylic acids is 1. The van der Waals surface area contributed by atoms with Gasteiger partial charge in [0.15, 0.2) is 6.04 Å². The van der Waals surface area contributed by atoms with Crippen molar-refractivity contribution in [2.45, 2.75) is 31.8 Å². The van der Waals surface area contributed by atoms with Crippen LogP contribution in [-0.4, -0.2) is 95.9 Å². The number of carboxylic acid groups (broad SMARTS) is 1. The molecule has 0 saturated carbocycles. The van der Waals surface area contributed by atoms with Crippen LogP contribution in [0.2, 0.25) is 0 Å². The quantitative estimate of drug-likeness (QED) is 0.143. The largest absolute Gasteiger partial charge is 3.00 e.